The Bertz CT molecular complexity index is 1100. The number of carbonyl (C=O) groups is 2. The van der Waals surface area contributed by atoms with Crippen molar-refractivity contribution in [1.29, 1.82) is 5.26 Å². The van der Waals surface area contributed by atoms with Gasteiger partial charge in [0.25, 0.3) is 5.69 Å². The van der Waals surface area contributed by atoms with Crippen LogP contribution in [0, 0.1) is 21.4 Å². The molecule has 1 aliphatic carbocycles. The molecule has 1 atom stereocenters. The third kappa shape index (κ3) is 3.29. The molecule has 0 spiro atoms. The average molecular weight is 387 g/mol. The molecule has 1 aliphatic heterocycles. The van der Waals surface area contributed by atoms with Crippen LogP contribution in [0.25, 0.3) is 0 Å². The molecule has 1 amide bonds. The molecule has 0 saturated carbocycles. The summed E-state index contributed by atoms with van der Waals surface area (Å²) in [5.74, 6) is -0.673. The topological polar surface area (TPSA) is 104 Å². The Hall–Kier alpha value is -3.79. The molecule has 1 unspecified atom stereocenters. The fourth-order valence-corrected chi connectivity index (χ4v) is 4.12. The Morgan fingerprint density at radius 3 is 2.55 bits per heavy atom. The molecule has 0 radical (unpaired) electrons. The van der Waals surface area contributed by atoms with Gasteiger partial charge in [-0.1, -0.05) is 12.1 Å². The van der Waals surface area contributed by atoms with Crippen LogP contribution >= 0.6 is 0 Å². The summed E-state index contributed by atoms with van der Waals surface area (Å²) in [6, 6.07) is 14.9. The number of nitro benzene ring substituents is 1. The average Bonchev–Trinajstić information content (AvgIpc) is 2.73. The molecular formula is C22H17N3O4. The van der Waals surface area contributed by atoms with Crippen LogP contribution in [-0.4, -0.2) is 16.6 Å². The molecule has 0 fully saturated rings. The number of nitriles is 1. The number of carbonyl (C=O) groups excluding carboxylic acids is 2. The minimum absolute atomic E-state index is 0.0195. The number of allylic oxidation sites excluding steroid dienone is 2. The molecule has 2 aromatic rings. The maximum atomic E-state index is 13.1. The Morgan fingerprint density at radius 2 is 1.86 bits per heavy atom. The molecule has 7 heteroatoms. The van der Waals surface area contributed by atoms with Crippen molar-refractivity contribution in [2.75, 3.05) is 4.90 Å². The molecule has 1 heterocycles. The van der Waals surface area contributed by atoms with E-state index in [1.807, 2.05) is 0 Å². The third-order valence-electron chi connectivity index (χ3n) is 5.41. The second kappa shape index (κ2) is 7.32. The highest BCUT2D eigenvalue weighted by molar-refractivity contribution is 6.07. The Morgan fingerprint density at radius 1 is 1.10 bits per heavy atom. The van der Waals surface area contributed by atoms with Gasteiger partial charge in [-0.2, -0.15) is 5.26 Å². The van der Waals surface area contributed by atoms with Crippen LogP contribution in [0.1, 0.15) is 42.7 Å². The summed E-state index contributed by atoms with van der Waals surface area (Å²) in [4.78, 5) is 38.2. The van der Waals surface area contributed by atoms with Crippen LogP contribution in [0.15, 0.2) is 59.8 Å². The molecule has 4 rings (SSSR count). The fourth-order valence-electron chi connectivity index (χ4n) is 4.12. The summed E-state index contributed by atoms with van der Waals surface area (Å²) >= 11 is 0. The van der Waals surface area contributed by atoms with E-state index in [2.05, 4.69) is 6.07 Å². The maximum absolute atomic E-state index is 13.1. The van der Waals surface area contributed by atoms with E-state index in [0.29, 0.717) is 47.3 Å². The molecular weight excluding hydrogens is 370 g/mol. The van der Waals surface area contributed by atoms with E-state index in [4.69, 9.17) is 5.26 Å². The zero-order valence-corrected chi connectivity index (χ0v) is 15.5. The predicted molar refractivity (Wildman–Crippen MR) is 105 cm³/mol. The summed E-state index contributed by atoms with van der Waals surface area (Å²) in [5.41, 5.74) is 2.89. The molecule has 2 aliphatic rings. The molecule has 0 aromatic heterocycles. The fraction of sp³-hybridized carbons (Fsp3) is 0.227. The van der Waals surface area contributed by atoms with Crippen LogP contribution in [0.5, 0.6) is 0 Å². The number of benzene rings is 2. The Kier molecular flexibility index (Phi) is 4.69. The van der Waals surface area contributed by atoms with Crippen molar-refractivity contribution in [2.24, 2.45) is 0 Å². The molecule has 0 N–H and O–H groups in total. The number of hydrogen-bond acceptors (Lipinski definition) is 5. The number of Topliss-reactive ketones (excluding diaryl/α,β-unsaturated/α-hetero) is 1. The van der Waals surface area contributed by atoms with E-state index < -0.39 is 10.8 Å². The van der Waals surface area contributed by atoms with E-state index >= 15 is 0 Å². The summed E-state index contributed by atoms with van der Waals surface area (Å²) in [6.45, 7) is 0. The zero-order chi connectivity index (χ0) is 20.5. The second-order valence-corrected chi connectivity index (χ2v) is 7.13. The van der Waals surface area contributed by atoms with Crippen LogP contribution < -0.4 is 4.90 Å². The van der Waals surface area contributed by atoms with Crippen LogP contribution in [-0.2, 0) is 9.59 Å². The van der Waals surface area contributed by atoms with Gasteiger partial charge in [-0.3, -0.25) is 24.6 Å². The van der Waals surface area contributed by atoms with Crippen molar-refractivity contribution < 1.29 is 14.5 Å². The predicted octanol–water partition coefficient (Wildman–Crippen LogP) is 3.99. The van der Waals surface area contributed by atoms with Crippen LogP contribution in [0.4, 0.5) is 11.4 Å². The van der Waals surface area contributed by atoms with E-state index in [1.165, 1.54) is 12.1 Å². The van der Waals surface area contributed by atoms with Gasteiger partial charge in [0.15, 0.2) is 5.78 Å². The number of nitrogens with zero attached hydrogens (tertiary/aromatic N) is 3. The number of amides is 1. The number of non-ortho nitro benzene ring substituents is 1. The number of ketones is 1. The monoisotopic (exact) mass is 387 g/mol. The van der Waals surface area contributed by atoms with Crippen molar-refractivity contribution in [1.82, 2.24) is 0 Å². The quantitative estimate of drug-likeness (QED) is 0.585. The molecule has 2 aromatic carbocycles. The van der Waals surface area contributed by atoms with E-state index in [-0.39, 0.29) is 23.8 Å². The van der Waals surface area contributed by atoms with Crippen LogP contribution in [0.2, 0.25) is 0 Å². The standard InChI is InChI=1S/C22H17N3O4/c23-13-14-7-9-16(10-8-14)24-19-5-2-6-20(26)22(19)18(12-21(24)27)15-3-1-4-17(11-15)25(28)29/h1,3-4,7-11,18H,2,5-6,12H2. The smallest absolute Gasteiger partial charge is 0.269 e. The SMILES string of the molecule is N#Cc1ccc(N2C(=O)CC(c3cccc([N+](=O)[O-])c3)C3=C2CCCC3=O)cc1. The van der Waals surface area contributed by atoms with E-state index in [9.17, 15) is 19.7 Å². The van der Waals surface area contributed by atoms with Gasteiger partial charge in [-0.05, 0) is 42.7 Å². The van der Waals surface area contributed by atoms with Crippen molar-refractivity contribution in [2.45, 2.75) is 31.6 Å². The largest absolute Gasteiger partial charge is 0.294 e. The summed E-state index contributed by atoms with van der Waals surface area (Å²) in [6.07, 6.45) is 1.70. The third-order valence-corrected chi connectivity index (χ3v) is 5.41. The van der Waals surface area contributed by atoms with Gasteiger partial charge in [0.1, 0.15) is 0 Å². The van der Waals surface area contributed by atoms with Gasteiger partial charge in [-0.25, -0.2) is 0 Å². The van der Waals surface area contributed by atoms with Crippen molar-refractivity contribution in [3.05, 3.63) is 81.0 Å². The van der Waals surface area contributed by atoms with Crippen LogP contribution in [0.3, 0.4) is 0 Å². The lowest BCUT2D eigenvalue weighted by atomic mass is 9.77. The lowest BCUT2D eigenvalue weighted by molar-refractivity contribution is -0.384. The lowest BCUT2D eigenvalue weighted by Gasteiger charge is -2.38. The number of hydrogen-bond donors (Lipinski definition) is 0. The summed E-state index contributed by atoms with van der Waals surface area (Å²) in [7, 11) is 0. The summed E-state index contributed by atoms with van der Waals surface area (Å²) < 4.78 is 0. The van der Waals surface area contributed by atoms with Gasteiger partial charge in [0.2, 0.25) is 5.91 Å². The minimum Gasteiger partial charge on any atom is -0.294 e. The molecule has 0 saturated heterocycles. The highest BCUT2D eigenvalue weighted by Crippen LogP contribution is 2.43. The van der Waals surface area contributed by atoms with Gasteiger partial charge in [0.05, 0.1) is 16.6 Å². The number of rotatable bonds is 3. The molecule has 7 nitrogen and oxygen atoms in total. The Labute approximate surface area is 167 Å². The van der Waals surface area contributed by atoms with Gasteiger partial charge < -0.3 is 0 Å². The minimum atomic E-state index is -0.486. The highest BCUT2D eigenvalue weighted by atomic mass is 16.6. The first-order valence-electron chi connectivity index (χ1n) is 9.33. The second-order valence-electron chi connectivity index (χ2n) is 7.13. The first-order chi connectivity index (χ1) is 14.0. The van der Waals surface area contributed by atoms with Crippen molar-refractivity contribution in [3.8, 4) is 6.07 Å². The van der Waals surface area contributed by atoms with Crippen molar-refractivity contribution in [3.63, 3.8) is 0 Å². The Balaban J connectivity index is 1.83. The van der Waals surface area contributed by atoms with E-state index in [0.717, 1.165) is 0 Å². The molecule has 144 valence electrons. The highest BCUT2D eigenvalue weighted by Gasteiger charge is 2.40. The first kappa shape index (κ1) is 18.6. The molecule has 0 bridgehead atoms. The van der Waals surface area contributed by atoms with E-state index in [1.54, 1.807) is 41.3 Å². The number of anilines is 1. The van der Waals surface area contributed by atoms with Gasteiger partial charge >= 0.3 is 0 Å². The van der Waals surface area contributed by atoms with Gasteiger partial charge in [-0.15, -0.1) is 0 Å². The summed E-state index contributed by atoms with van der Waals surface area (Å²) in [5, 5.41) is 20.2. The maximum Gasteiger partial charge on any atom is 0.269 e. The molecule has 29 heavy (non-hydrogen) atoms. The van der Waals surface area contributed by atoms with Crippen molar-refractivity contribution >= 4 is 23.1 Å². The lowest BCUT2D eigenvalue weighted by Crippen LogP contribution is -2.40. The number of nitro groups is 1. The normalized spacial score (nSPS) is 19.0. The first-order valence-corrected chi connectivity index (χ1v) is 9.33. The van der Waals surface area contributed by atoms with Gasteiger partial charge in [0, 0.05) is 47.8 Å². The zero-order valence-electron chi connectivity index (χ0n) is 15.5.